The van der Waals surface area contributed by atoms with E-state index < -0.39 is 0 Å². The molecule has 7 nitrogen and oxygen atoms in total. The third-order valence-corrected chi connectivity index (χ3v) is 5.72. The Hall–Kier alpha value is -1.34. The zero-order valence-electron chi connectivity index (χ0n) is 15.7. The fourth-order valence-electron chi connectivity index (χ4n) is 3.99. The molecule has 0 aromatic rings. The van der Waals surface area contributed by atoms with Crippen molar-refractivity contribution >= 4 is 11.9 Å². The quantitative estimate of drug-likeness (QED) is 0.580. The lowest BCUT2D eigenvalue weighted by Crippen LogP contribution is -2.57. The predicted molar refractivity (Wildman–Crippen MR) is 98.7 cm³/mol. The highest BCUT2D eigenvalue weighted by Crippen LogP contribution is 2.14. The molecule has 0 saturated carbocycles. The summed E-state index contributed by atoms with van der Waals surface area (Å²) in [6.45, 7) is 10.2. The van der Waals surface area contributed by atoms with Crippen LogP contribution in [-0.2, 0) is 9.53 Å². The fourth-order valence-corrected chi connectivity index (χ4v) is 3.99. The van der Waals surface area contributed by atoms with Crippen LogP contribution in [0.2, 0.25) is 0 Å². The molecular formula is C18H33N5O2. The van der Waals surface area contributed by atoms with Crippen molar-refractivity contribution in [1.82, 2.24) is 20.0 Å². The van der Waals surface area contributed by atoms with Crippen LogP contribution in [0.15, 0.2) is 4.99 Å². The van der Waals surface area contributed by atoms with Crippen molar-refractivity contribution in [2.75, 3.05) is 66.1 Å². The average Bonchev–Trinajstić information content (AvgIpc) is 3.35. The zero-order valence-corrected chi connectivity index (χ0v) is 15.7. The minimum Gasteiger partial charge on any atom is -0.381 e. The normalized spacial score (nSPS) is 27.0. The maximum atomic E-state index is 12.6. The van der Waals surface area contributed by atoms with Crippen molar-refractivity contribution in [3.63, 3.8) is 0 Å². The van der Waals surface area contributed by atoms with Crippen LogP contribution < -0.4 is 5.32 Å². The van der Waals surface area contributed by atoms with Gasteiger partial charge in [0.05, 0.1) is 12.6 Å². The minimum atomic E-state index is -0.00846. The van der Waals surface area contributed by atoms with Crippen molar-refractivity contribution in [3.05, 3.63) is 0 Å². The number of carbonyl (C=O) groups is 1. The number of hydrogen-bond acceptors (Lipinski definition) is 4. The molecule has 3 aliphatic heterocycles. The summed E-state index contributed by atoms with van der Waals surface area (Å²) >= 11 is 0. The van der Waals surface area contributed by atoms with Gasteiger partial charge in [0.25, 0.3) is 0 Å². The summed E-state index contributed by atoms with van der Waals surface area (Å²) in [5, 5.41) is 3.49. The number of aliphatic imine (C=N–C) groups is 1. The fraction of sp³-hybridized carbons (Fsp3) is 0.889. The molecule has 1 N–H and O–H groups in total. The van der Waals surface area contributed by atoms with Crippen LogP contribution in [0.3, 0.4) is 0 Å². The first-order chi connectivity index (χ1) is 12.2. The number of nitrogens with one attached hydrogen (secondary N) is 1. The molecule has 0 aliphatic carbocycles. The zero-order chi connectivity index (χ0) is 17.6. The van der Waals surface area contributed by atoms with Crippen LogP contribution in [-0.4, -0.2) is 98.7 Å². The number of ether oxygens (including phenoxy) is 1. The Morgan fingerprint density at radius 2 is 1.88 bits per heavy atom. The van der Waals surface area contributed by atoms with E-state index in [1.54, 1.807) is 0 Å². The van der Waals surface area contributed by atoms with E-state index in [2.05, 4.69) is 27.0 Å². The van der Waals surface area contributed by atoms with Gasteiger partial charge in [-0.2, -0.15) is 0 Å². The molecule has 3 fully saturated rings. The van der Waals surface area contributed by atoms with Crippen molar-refractivity contribution in [3.8, 4) is 0 Å². The summed E-state index contributed by atoms with van der Waals surface area (Å²) in [4.78, 5) is 23.7. The number of rotatable bonds is 4. The second-order valence-corrected chi connectivity index (χ2v) is 7.39. The van der Waals surface area contributed by atoms with Gasteiger partial charge in [-0.3, -0.25) is 14.7 Å². The second kappa shape index (κ2) is 8.85. The van der Waals surface area contributed by atoms with Gasteiger partial charge < -0.3 is 19.9 Å². The molecular weight excluding hydrogens is 318 g/mol. The van der Waals surface area contributed by atoms with Gasteiger partial charge in [-0.1, -0.05) is 0 Å². The Bertz CT molecular complexity index is 464. The van der Waals surface area contributed by atoms with Gasteiger partial charge in [-0.15, -0.1) is 0 Å². The Kier molecular flexibility index (Phi) is 6.53. The molecule has 3 aliphatic rings. The molecule has 142 valence electrons. The molecule has 0 aromatic carbocycles. The average molecular weight is 351 g/mol. The van der Waals surface area contributed by atoms with Crippen molar-refractivity contribution in [2.24, 2.45) is 10.9 Å². The highest BCUT2D eigenvalue weighted by Gasteiger charge is 2.30. The van der Waals surface area contributed by atoms with Crippen molar-refractivity contribution < 1.29 is 9.53 Å². The number of likely N-dealkylation sites (tertiary alicyclic amines) is 1. The Balaban J connectivity index is 1.44. The van der Waals surface area contributed by atoms with Crippen molar-refractivity contribution in [1.29, 1.82) is 0 Å². The number of carbonyl (C=O) groups excluding carboxylic acids is 1. The number of guanidine groups is 1. The van der Waals surface area contributed by atoms with E-state index in [0.29, 0.717) is 11.8 Å². The van der Waals surface area contributed by atoms with Crippen molar-refractivity contribution in [2.45, 2.75) is 32.2 Å². The molecule has 3 saturated heterocycles. The summed E-state index contributed by atoms with van der Waals surface area (Å²) in [7, 11) is 1.85. The minimum absolute atomic E-state index is 0.00846. The number of amides is 1. The number of piperazine rings is 1. The van der Waals surface area contributed by atoms with E-state index in [1.165, 1.54) is 0 Å². The highest BCUT2D eigenvalue weighted by molar-refractivity contribution is 5.82. The molecule has 0 bridgehead atoms. The molecule has 3 heterocycles. The standard InChI is InChI=1S/C18H33N5O2/c1-15(17(24)22-6-3-4-7-22)21-8-10-23(11-9-21)18(19-2)20-13-16-5-12-25-14-16/h15-16H,3-14H2,1-2H3,(H,19,20). The van der Waals surface area contributed by atoms with Gasteiger partial charge in [-0.05, 0) is 26.2 Å². The predicted octanol–water partition coefficient (Wildman–Crippen LogP) is 0.227. The van der Waals surface area contributed by atoms with Crippen LogP contribution >= 0.6 is 0 Å². The lowest BCUT2D eigenvalue weighted by molar-refractivity contribution is -0.135. The maximum absolute atomic E-state index is 12.6. The second-order valence-electron chi connectivity index (χ2n) is 7.39. The molecule has 25 heavy (non-hydrogen) atoms. The van der Waals surface area contributed by atoms with E-state index in [9.17, 15) is 4.79 Å². The van der Waals surface area contributed by atoms with E-state index in [-0.39, 0.29) is 6.04 Å². The summed E-state index contributed by atoms with van der Waals surface area (Å²) in [6, 6.07) is -0.00846. The topological polar surface area (TPSA) is 60.4 Å². The highest BCUT2D eigenvalue weighted by atomic mass is 16.5. The SMILES string of the molecule is CN=C(NCC1CCOC1)N1CCN(C(C)C(=O)N2CCCC2)CC1. The van der Waals surface area contributed by atoms with E-state index >= 15 is 0 Å². The molecule has 0 spiro atoms. The van der Waals surface area contributed by atoms with E-state index in [0.717, 1.165) is 84.2 Å². The first-order valence-electron chi connectivity index (χ1n) is 9.75. The van der Waals surface area contributed by atoms with Gasteiger partial charge in [0.1, 0.15) is 0 Å². The largest absolute Gasteiger partial charge is 0.381 e. The molecule has 3 rings (SSSR count). The number of nitrogens with zero attached hydrogens (tertiary/aromatic N) is 4. The van der Waals surface area contributed by atoms with Gasteiger partial charge in [-0.25, -0.2) is 0 Å². The van der Waals surface area contributed by atoms with Crippen LogP contribution in [0.4, 0.5) is 0 Å². The molecule has 1 amide bonds. The molecule has 0 radical (unpaired) electrons. The van der Waals surface area contributed by atoms with Crippen LogP contribution in [0.25, 0.3) is 0 Å². The lowest BCUT2D eigenvalue weighted by atomic mass is 10.1. The van der Waals surface area contributed by atoms with Gasteiger partial charge in [0, 0.05) is 65.4 Å². The smallest absolute Gasteiger partial charge is 0.239 e. The molecule has 2 unspecified atom stereocenters. The van der Waals surface area contributed by atoms with E-state index in [1.807, 2.05) is 11.9 Å². The summed E-state index contributed by atoms with van der Waals surface area (Å²) in [5.74, 6) is 1.87. The molecule has 7 heteroatoms. The monoisotopic (exact) mass is 351 g/mol. The van der Waals surface area contributed by atoms with Gasteiger partial charge >= 0.3 is 0 Å². The Morgan fingerprint density at radius 1 is 1.16 bits per heavy atom. The van der Waals surface area contributed by atoms with Crippen LogP contribution in [0.1, 0.15) is 26.2 Å². The van der Waals surface area contributed by atoms with Gasteiger partial charge in [0.2, 0.25) is 5.91 Å². The Morgan fingerprint density at radius 3 is 2.48 bits per heavy atom. The first-order valence-corrected chi connectivity index (χ1v) is 9.75. The third-order valence-electron chi connectivity index (χ3n) is 5.72. The number of hydrogen-bond donors (Lipinski definition) is 1. The summed E-state index contributed by atoms with van der Waals surface area (Å²) in [5.41, 5.74) is 0. The Labute approximate surface area is 151 Å². The van der Waals surface area contributed by atoms with E-state index in [4.69, 9.17) is 4.74 Å². The summed E-state index contributed by atoms with van der Waals surface area (Å²) < 4.78 is 5.44. The van der Waals surface area contributed by atoms with Gasteiger partial charge in [0.15, 0.2) is 5.96 Å². The lowest BCUT2D eigenvalue weighted by Gasteiger charge is -2.39. The maximum Gasteiger partial charge on any atom is 0.239 e. The van der Waals surface area contributed by atoms with Crippen LogP contribution in [0, 0.1) is 5.92 Å². The summed E-state index contributed by atoms with van der Waals surface area (Å²) in [6.07, 6.45) is 3.44. The molecule has 0 aromatic heterocycles. The van der Waals surface area contributed by atoms with Crippen LogP contribution in [0.5, 0.6) is 0 Å². The molecule has 2 atom stereocenters. The first kappa shape index (κ1) is 18.5. The third kappa shape index (κ3) is 4.64.